The Morgan fingerprint density at radius 1 is 1.16 bits per heavy atom. The highest BCUT2D eigenvalue weighted by molar-refractivity contribution is 7.98. The predicted octanol–water partition coefficient (Wildman–Crippen LogP) is 5.82. The fourth-order valence-corrected chi connectivity index (χ4v) is 5.99. The molecule has 1 unspecified atom stereocenters. The second-order valence-corrected chi connectivity index (χ2v) is 11.3. The summed E-state index contributed by atoms with van der Waals surface area (Å²) < 4.78 is 13.6. The fraction of sp³-hybridized carbons (Fsp3) is 0.207. The number of esters is 1. The maximum Gasteiger partial charge on any atom is 0.338 e. The third-order valence-electron chi connectivity index (χ3n) is 6.06. The molecule has 0 spiro atoms. The number of allylic oxidation sites excluding steroid dienone is 1. The lowest BCUT2D eigenvalue weighted by Gasteiger charge is -2.25. The first kappa shape index (κ1) is 26.3. The average molecular weight is 565 g/mol. The SMILES string of the molecule is CSc1ccc(C2C(C(=O)OC(C)C)=C(C)N=c3sc(=Cc4ccc(-c5ccccc5Cl)o4)c(=O)n32)cc1. The van der Waals surface area contributed by atoms with Crippen LogP contribution < -0.4 is 14.9 Å². The number of ether oxygens (including phenoxy) is 1. The number of thiazole rings is 1. The molecule has 6 nitrogen and oxygen atoms in total. The highest BCUT2D eigenvalue weighted by Crippen LogP contribution is 2.32. The molecular formula is C29H25ClN2O4S2. The van der Waals surface area contributed by atoms with Crippen LogP contribution in [0.1, 0.15) is 38.1 Å². The molecular weight excluding hydrogens is 540 g/mol. The van der Waals surface area contributed by atoms with Gasteiger partial charge < -0.3 is 9.15 Å². The lowest BCUT2D eigenvalue weighted by atomic mass is 9.96. The molecule has 5 rings (SSSR count). The first-order chi connectivity index (χ1) is 18.3. The normalized spacial score (nSPS) is 15.5. The van der Waals surface area contributed by atoms with Crippen molar-refractivity contribution in [1.29, 1.82) is 0 Å². The summed E-state index contributed by atoms with van der Waals surface area (Å²) in [6.07, 6.45) is 3.39. The van der Waals surface area contributed by atoms with Crippen LogP contribution in [0.15, 0.2) is 91.0 Å². The van der Waals surface area contributed by atoms with Gasteiger partial charge in [0.1, 0.15) is 11.5 Å². The summed E-state index contributed by atoms with van der Waals surface area (Å²) in [6.45, 7) is 5.37. The zero-order valence-electron chi connectivity index (χ0n) is 21.2. The lowest BCUT2D eigenvalue weighted by molar-refractivity contribution is -0.143. The summed E-state index contributed by atoms with van der Waals surface area (Å²) in [5.41, 5.74) is 2.20. The van der Waals surface area contributed by atoms with Crippen molar-refractivity contribution in [3.63, 3.8) is 0 Å². The third-order valence-corrected chi connectivity index (χ3v) is 8.11. The maximum absolute atomic E-state index is 13.8. The first-order valence-electron chi connectivity index (χ1n) is 12.0. The van der Waals surface area contributed by atoms with Crippen LogP contribution in [0.25, 0.3) is 17.4 Å². The molecule has 38 heavy (non-hydrogen) atoms. The minimum atomic E-state index is -0.661. The number of furan rings is 1. The van der Waals surface area contributed by atoms with Crippen molar-refractivity contribution in [2.45, 2.75) is 37.8 Å². The number of benzene rings is 2. The molecule has 2 aromatic heterocycles. The number of carbonyl (C=O) groups excluding carboxylic acids is 1. The largest absolute Gasteiger partial charge is 0.459 e. The number of aromatic nitrogens is 1. The smallest absolute Gasteiger partial charge is 0.338 e. The van der Waals surface area contributed by atoms with Crippen LogP contribution in [0.5, 0.6) is 0 Å². The maximum atomic E-state index is 13.8. The number of nitrogens with zero attached hydrogens (tertiary/aromatic N) is 2. The molecule has 4 aromatic rings. The van der Waals surface area contributed by atoms with Crippen LogP contribution in [-0.2, 0) is 9.53 Å². The zero-order chi connectivity index (χ0) is 27.0. The molecule has 2 aromatic carbocycles. The number of thioether (sulfide) groups is 1. The molecule has 194 valence electrons. The number of halogens is 1. The van der Waals surface area contributed by atoms with Gasteiger partial charge in [-0.25, -0.2) is 9.79 Å². The van der Waals surface area contributed by atoms with Crippen molar-refractivity contribution in [2.75, 3.05) is 6.26 Å². The fourth-order valence-electron chi connectivity index (χ4n) is 4.33. The second-order valence-electron chi connectivity index (χ2n) is 8.99. The van der Waals surface area contributed by atoms with Gasteiger partial charge in [-0.2, -0.15) is 0 Å². The summed E-state index contributed by atoms with van der Waals surface area (Å²) in [4.78, 5) is 33.2. The Hall–Kier alpha value is -3.33. The van der Waals surface area contributed by atoms with E-state index in [1.807, 2.05) is 54.8 Å². The van der Waals surface area contributed by atoms with Gasteiger partial charge in [0.2, 0.25) is 0 Å². The van der Waals surface area contributed by atoms with Crippen LogP contribution >= 0.6 is 34.7 Å². The van der Waals surface area contributed by atoms with Gasteiger partial charge in [-0.15, -0.1) is 11.8 Å². The Morgan fingerprint density at radius 2 is 1.89 bits per heavy atom. The van der Waals surface area contributed by atoms with E-state index in [1.165, 1.54) is 11.3 Å². The molecule has 1 atom stereocenters. The Balaban J connectivity index is 1.64. The van der Waals surface area contributed by atoms with E-state index in [0.29, 0.717) is 37.1 Å². The van der Waals surface area contributed by atoms with E-state index in [-0.39, 0.29) is 11.7 Å². The van der Waals surface area contributed by atoms with E-state index in [0.717, 1.165) is 16.0 Å². The Morgan fingerprint density at radius 3 is 2.58 bits per heavy atom. The van der Waals surface area contributed by atoms with E-state index in [1.54, 1.807) is 55.3 Å². The monoisotopic (exact) mass is 564 g/mol. The van der Waals surface area contributed by atoms with Crippen LogP contribution in [-0.4, -0.2) is 22.9 Å². The highest BCUT2D eigenvalue weighted by Gasteiger charge is 2.33. The molecule has 0 aliphatic carbocycles. The molecule has 0 N–H and O–H groups in total. The molecule has 0 radical (unpaired) electrons. The van der Waals surface area contributed by atoms with Gasteiger partial charge in [-0.1, -0.05) is 47.2 Å². The summed E-state index contributed by atoms with van der Waals surface area (Å²) in [6, 6.07) is 18.2. The topological polar surface area (TPSA) is 73.8 Å². The van der Waals surface area contributed by atoms with E-state index in [2.05, 4.69) is 4.99 Å². The summed E-state index contributed by atoms with van der Waals surface area (Å²) in [5, 5.41) is 0.580. The van der Waals surface area contributed by atoms with Crippen LogP contribution in [0, 0.1) is 0 Å². The third kappa shape index (κ3) is 5.04. The zero-order valence-corrected chi connectivity index (χ0v) is 23.6. The predicted molar refractivity (Wildman–Crippen MR) is 152 cm³/mol. The summed E-state index contributed by atoms with van der Waals surface area (Å²) in [5.74, 6) is 0.641. The van der Waals surface area contributed by atoms with Crippen LogP contribution in [0.2, 0.25) is 5.02 Å². The van der Waals surface area contributed by atoms with Gasteiger partial charge in [-0.3, -0.25) is 9.36 Å². The van der Waals surface area contributed by atoms with E-state index >= 15 is 0 Å². The molecule has 9 heteroatoms. The molecule has 1 aliphatic heterocycles. The van der Waals surface area contributed by atoms with Crippen molar-refractivity contribution < 1.29 is 13.9 Å². The number of carbonyl (C=O) groups is 1. The summed E-state index contributed by atoms with van der Waals surface area (Å²) >= 11 is 9.20. The number of fused-ring (bicyclic) bond motifs is 1. The molecule has 0 fully saturated rings. The van der Waals surface area contributed by atoms with E-state index in [4.69, 9.17) is 20.8 Å². The lowest BCUT2D eigenvalue weighted by Crippen LogP contribution is -2.40. The minimum absolute atomic E-state index is 0.259. The van der Waals surface area contributed by atoms with Gasteiger partial charge in [0.05, 0.1) is 33.0 Å². The van der Waals surface area contributed by atoms with Gasteiger partial charge >= 0.3 is 5.97 Å². The van der Waals surface area contributed by atoms with Crippen molar-refractivity contribution >= 4 is 46.7 Å². The summed E-state index contributed by atoms with van der Waals surface area (Å²) in [7, 11) is 0. The number of hydrogen-bond donors (Lipinski definition) is 0. The second kappa shape index (κ2) is 10.8. The number of hydrogen-bond acceptors (Lipinski definition) is 7. The van der Waals surface area contributed by atoms with Gasteiger partial charge in [0, 0.05) is 16.5 Å². The van der Waals surface area contributed by atoms with Crippen molar-refractivity contribution in [3.05, 3.63) is 108 Å². The molecule has 3 heterocycles. The average Bonchev–Trinajstić information content (AvgIpc) is 3.47. The molecule has 0 saturated carbocycles. The Kier molecular flexibility index (Phi) is 7.47. The van der Waals surface area contributed by atoms with Crippen molar-refractivity contribution in [3.8, 4) is 11.3 Å². The van der Waals surface area contributed by atoms with E-state index in [9.17, 15) is 9.59 Å². The van der Waals surface area contributed by atoms with Crippen molar-refractivity contribution in [1.82, 2.24) is 4.57 Å². The standard InChI is InChI=1S/C29H25ClN2O4S2/c1-16(2)35-28(34)25-17(3)31-29-32(26(25)18-9-12-20(37-4)13-10-18)27(33)24(38-29)15-19-11-14-23(36-19)21-7-5-6-8-22(21)30/h5-16,26H,1-4H3. The molecule has 0 saturated heterocycles. The van der Waals surface area contributed by atoms with Gasteiger partial charge in [-0.05, 0) is 69.0 Å². The van der Waals surface area contributed by atoms with Gasteiger partial charge in [0.25, 0.3) is 5.56 Å². The Labute approximate surface area is 232 Å². The Bertz CT molecular complexity index is 1730. The molecule has 0 bridgehead atoms. The quantitative estimate of drug-likeness (QED) is 0.218. The van der Waals surface area contributed by atoms with Gasteiger partial charge in [0.15, 0.2) is 4.80 Å². The molecule has 0 amide bonds. The minimum Gasteiger partial charge on any atom is -0.459 e. The van der Waals surface area contributed by atoms with Crippen LogP contribution in [0.4, 0.5) is 0 Å². The highest BCUT2D eigenvalue weighted by atomic mass is 35.5. The van der Waals surface area contributed by atoms with E-state index < -0.39 is 12.0 Å². The van der Waals surface area contributed by atoms with Crippen molar-refractivity contribution in [2.24, 2.45) is 4.99 Å². The number of rotatable bonds is 6. The molecule has 1 aliphatic rings. The first-order valence-corrected chi connectivity index (χ1v) is 14.4. The van der Waals surface area contributed by atoms with Crippen LogP contribution in [0.3, 0.4) is 0 Å².